The third-order valence-electron chi connectivity index (χ3n) is 4.41. The molecule has 8 nitrogen and oxygen atoms in total. The first-order valence-electron chi connectivity index (χ1n) is 9.23. The zero-order chi connectivity index (χ0) is 20.9. The predicted octanol–water partition coefficient (Wildman–Crippen LogP) is 3.44. The quantitative estimate of drug-likeness (QED) is 0.436. The van der Waals surface area contributed by atoms with Gasteiger partial charge in [0.05, 0.1) is 26.2 Å². The summed E-state index contributed by atoms with van der Waals surface area (Å²) in [6.07, 6.45) is 5.28. The third-order valence-corrected chi connectivity index (χ3v) is 5.28. The van der Waals surface area contributed by atoms with Gasteiger partial charge >= 0.3 is 0 Å². The fraction of sp³-hybridized carbons (Fsp3) is 0.190. The van der Waals surface area contributed by atoms with Crippen LogP contribution in [0.15, 0.2) is 52.5 Å². The smallest absolute Gasteiger partial charge is 0.244 e. The predicted molar refractivity (Wildman–Crippen MR) is 114 cm³/mol. The van der Waals surface area contributed by atoms with Crippen LogP contribution < -0.4 is 14.8 Å². The summed E-state index contributed by atoms with van der Waals surface area (Å²) in [4.78, 5) is 17.3. The molecular weight excluding hydrogens is 404 g/mol. The summed E-state index contributed by atoms with van der Waals surface area (Å²) in [6.45, 7) is 0.485. The number of fused-ring (bicyclic) bond motifs is 1. The van der Waals surface area contributed by atoms with Crippen molar-refractivity contribution in [3.8, 4) is 22.9 Å². The average molecular weight is 424 g/mol. The number of methoxy groups -OCH3 is 2. The number of rotatable bonds is 8. The molecule has 0 aliphatic carbocycles. The number of nitrogens with zero attached hydrogens (tertiary/aromatic N) is 3. The highest BCUT2D eigenvalue weighted by molar-refractivity contribution is 7.15. The first kappa shape index (κ1) is 19.7. The van der Waals surface area contributed by atoms with Crippen LogP contribution in [0.25, 0.3) is 22.4 Å². The fourth-order valence-corrected chi connectivity index (χ4v) is 3.77. The van der Waals surface area contributed by atoms with E-state index in [9.17, 15) is 4.79 Å². The van der Waals surface area contributed by atoms with Gasteiger partial charge in [-0.05, 0) is 36.4 Å². The van der Waals surface area contributed by atoms with Crippen LogP contribution in [-0.4, -0.2) is 41.3 Å². The number of carbonyl (C=O) groups is 1. The van der Waals surface area contributed by atoms with Crippen LogP contribution in [0.5, 0.6) is 11.5 Å². The maximum Gasteiger partial charge on any atom is 0.244 e. The SMILES string of the molecule is COc1ccc(-c2nc3scc(CCNC(=O)/C=C/c4ccco4)n3n2)cc1OC. The van der Waals surface area contributed by atoms with E-state index >= 15 is 0 Å². The molecule has 4 rings (SSSR count). The normalized spacial score (nSPS) is 11.3. The van der Waals surface area contributed by atoms with Gasteiger partial charge in [-0.25, -0.2) is 4.52 Å². The molecule has 1 amide bonds. The van der Waals surface area contributed by atoms with Gasteiger partial charge in [0, 0.05) is 30.0 Å². The van der Waals surface area contributed by atoms with E-state index in [1.165, 1.54) is 17.4 Å². The van der Waals surface area contributed by atoms with Gasteiger partial charge in [0.2, 0.25) is 10.9 Å². The van der Waals surface area contributed by atoms with E-state index < -0.39 is 0 Å². The van der Waals surface area contributed by atoms with Crippen molar-refractivity contribution in [1.29, 1.82) is 0 Å². The third kappa shape index (κ3) is 4.20. The zero-order valence-electron chi connectivity index (χ0n) is 16.5. The van der Waals surface area contributed by atoms with Crippen molar-refractivity contribution >= 4 is 28.3 Å². The van der Waals surface area contributed by atoms with Gasteiger partial charge in [0.1, 0.15) is 5.76 Å². The monoisotopic (exact) mass is 424 g/mol. The lowest BCUT2D eigenvalue weighted by atomic mass is 10.2. The summed E-state index contributed by atoms with van der Waals surface area (Å²) >= 11 is 1.51. The summed E-state index contributed by atoms with van der Waals surface area (Å²) in [7, 11) is 3.19. The minimum Gasteiger partial charge on any atom is -0.493 e. The molecule has 0 radical (unpaired) electrons. The van der Waals surface area contributed by atoms with Crippen LogP contribution in [0.4, 0.5) is 0 Å². The Hall–Kier alpha value is -3.59. The molecule has 0 saturated carbocycles. The van der Waals surface area contributed by atoms with Crippen molar-refractivity contribution in [2.75, 3.05) is 20.8 Å². The van der Waals surface area contributed by atoms with Crippen LogP contribution >= 0.6 is 11.3 Å². The molecule has 0 saturated heterocycles. The lowest BCUT2D eigenvalue weighted by molar-refractivity contribution is -0.116. The number of thiazole rings is 1. The summed E-state index contributed by atoms with van der Waals surface area (Å²) in [5.74, 6) is 2.34. The van der Waals surface area contributed by atoms with E-state index in [2.05, 4.69) is 15.4 Å². The number of benzene rings is 1. The first-order valence-corrected chi connectivity index (χ1v) is 10.1. The number of aromatic nitrogens is 3. The molecule has 154 valence electrons. The molecule has 0 atom stereocenters. The Kier molecular flexibility index (Phi) is 5.80. The Balaban J connectivity index is 1.42. The minimum absolute atomic E-state index is 0.178. The highest BCUT2D eigenvalue weighted by atomic mass is 32.1. The second-order valence-electron chi connectivity index (χ2n) is 6.32. The van der Waals surface area contributed by atoms with Crippen molar-refractivity contribution < 1.29 is 18.7 Å². The maximum absolute atomic E-state index is 11.9. The molecular formula is C21H20N4O4S. The molecule has 0 bridgehead atoms. The first-order chi connectivity index (χ1) is 14.7. The lowest BCUT2D eigenvalue weighted by Gasteiger charge is -2.07. The molecule has 0 spiro atoms. The Morgan fingerprint density at radius 1 is 1.27 bits per heavy atom. The van der Waals surface area contributed by atoms with Crippen molar-refractivity contribution in [3.05, 3.63) is 59.5 Å². The van der Waals surface area contributed by atoms with Gasteiger partial charge in [0.25, 0.3) is 0 Å². The highest BCUT2D eigenvalue weighted by Crippen LogP contribution is 2.31. The molecule has 4 aromatic rings. The molecule has 0 fully saturated rings. The second-order valence-corrected chi connectivity index (χ2v) is 7.15. The molecule has 1 aromatic carbocycles. The van der Waals surface area contributed by atoms with Crippen LogP contribution in [0.3, 0.4) is 0 Å². The van der Waals surface area contributed by atoms with E-state index in [1.807, 2.05) is 28.1 Å². The van der Waals surface area contributed by atoms with E-state index in [-0.39, 0.29) is 5.91 Å². The molecule has 0 aliphatic heterocycles. The number of carbonyl (C=O) groups excluding carboxylic acids is 1. The van der Waals surface area contributed by atoms with Gasteiger partial charge in [-0.3, -0.25) is 4.79 Å². The molecule has 1 N–H and O–H groups in total. The van der Waals surface area contributed by atoms with Crippen LogP contribution in [-0.2, 0) is 11.2 Å². The number of hydrogen-bond acceptors (Lipinski definition) is 7. The molecule has 3 aromatic heterocycles. The standard InChI is InChI=1S/C21H20N4O4S/c1-27-17-7-5-14(12-18(17)28-2)20-23-21-25(24-20)15(13-30-21)9-10-22-19(26)8-6-16-4-3-11-29-16/h3-8,11-13H,9-10H2,1-2H3,(H,22,26)/b8-6+. The molecule has 9 heteroatoms. The van der Waals surface area contributed by atoms with Crippen molar-refractivity contribution in [3.63, 3.8) is 0 Å². The number of amides is 1. The van der Waals surface area contributed by atoms with E-state index in [0.29, 0.717) is 36.0 Å². The summed E-state index contributed by atoms with van der Waals surface area (Å²) < 4.78 is 17.6. The van der Waals surface area contributed by atoms with E-state index in [0.717, 1.165) is 16.2 Å². The summed E-state index contributed by atoms with van der Waals surface area (Å²) in [5.41, 5.74) is 1.82. The van der Waals surface area contributed by atoms with E-state index in [4.69, 9.17) is 13.9 Å². The van der Waals surface area contributed by atoms with Crippen LogP contribution in [0.2, 0.25) is 0 Å². The molecule has 0 aliphatic rings. The Morgan fingerprint density at radius 3 is 2.90 bits per heavy atom. The summed E-state index contributed by atoms with van der Waals surface area (Å²) in [6, 6.07) is 9.13. The number of hydrogen-bond donors (Lipinski definition) is 1. The fourth-order valence-electron chi connectivity index (χ4n) is 2.91. The number of furan rings is 1. The summed E-state index contributed by atoms with van der Waals surface area (Å²) in [5, 5.41) is 9.48. The molecule has 0 unspecified atom stereocenters. The van der Waals surface area contributed by atoms with E-state index in [1.54, 1.807) is 38.7 Å². The topological polar surface area (TPSA) is 90.9 Å². The maximum atomic E-state index is 11.9. The Labute approximate surface area is 176 Å². The Morgan fingerprint density at radius 2 is 2.13 bits per heavy atom. The zero-order valence-corrected chi connectivity index (χ0v) is 17.3. The van der Waals surface area contributed by atoms with Crippen molar-refractivity contribution in [2.24, 2.45) is 0 Å². The lowest BCUT2D eigenvalue weighted by Crippen LogP contribution is -2.23. The van der Waals surface area contributed by atoms with Gasteiger partial charge in [-0.1, -0.05) is 0 Å². The average Bonchev–Trinajstić information content (AvgIpc) is 3.50. The largest absolute Gasteiger partial charge is 0.493 e. The van der Waals surface area contributed by atoms with Crippen LogP contribution in [0, 0.1) is 0 Å². The highest BCUT2D eigenvalue weighted by Gasteiger charge is 2.14. The van der Waals surface area contributed by atoms with Crippen molar-refractivity contribution in [2.45, 2.75) is 6.42 Å². The van der Waals surface area contributed by atoms with Gasteiger partial charge < -0.3 is 19.2 Å². The Bertz CT molecular complexity index is 1180. The molecule has 3 heterocycles. The van der Waals surface area contributed by atoms with Crippen molar-refractivity contribution in [1.82, 2.24) is 19.9 Å². The van der Waals surface area contributed by atoms with Gasteiger partial charge in [-0.2, -0.15) is 4.98 Å². The molecule has 30 heavy (non-hydrogen) atoms. The number of ether oxygens (including phenoxy) is 2. The van der Waals surface area contributed by atoms with Gasteiger partial charge in [-0.15, -0.1) is 16.4 Å². The number of nitrogens with one attached hydrogen (secondary N) is 1. The minimum atomic E-state index is -0.178. The van der Waals surface area contributed by atoms with Gasteiger partial charge in [0.15, 0.2) is 17.3 Å². The second kappa shape index (κ2) is 8.83. The van der Waals surface area contributed by atoms with Crippen LogP contribution in [0.1, 0.15) is 11.5 Å².